The zero-order chi connectivity index (χ0) is 19.6. The van der Waals surface area contributed by atoms with Crippen LogP contribution >= 0.6 is 34.9 Å². The molecule has 1 aliphatic rings. The Kier molecular flexibility index (Phi) is 9.92. The van der Waals surface area contributed by atoms with Crippen molar-refractivity contribution in [1.29, 1.82) is 0 Å². The smallest absolute Gasteiger partial charge is 0.315 e. The maximum absolute atomic E-state index is 12.2. The molecule has 1 aliphatic carbocycles. The zero-order valence-corrected chi connectivity index (χ0v) is 17.7. The van der Waals surface area contributed by atoms with E-state index in [-0.39, 0.29) is 29.3 Å². The minimum Gasteiger partial charge on any atom is -0.468 e. The van der Waals surface area contributed by atoms with E-state index >= 15 is 0 Å². The molecule has 1 heterocycles. The van der Waals surface area contributed by atoms with Gasteiger partial charge in [0.1, 0.15) is 5.78 Å². The van der Waals surface area contributed by atoms with Gasteiger partial charge in [0, 0.05) is 18.8 Å². The van der Waals surface area contributed by atoms with E-state index in [1.807, 2.05) is 16.8 Å². The average molecular weight is 431 g/mol. The van der Waals surface area contributed by atoms with Crippen molar-refractivity contribution in [3.63, 3.8) is 0 Å². The maximum atomic E-state index is 12.2. The highest BCUT2D eigenvalue weighted by Crippen LogP contribution is 2.34. The van der Waals surface area contributed by atoms with Gasteiger partial charge in [-0.3, -0.25) is 9.59 Å². The number of ether oxygens (including phenoxy) is 1. The Balaban J connectivity index is 1.77. The molecule has 0 radical (unpaired) electrons. The molecule has 0 bridgehead atoms. The second-order valence-corrected chi connectivity index (χ2v) is 9.51. The first kappa shape index (κ1) is 22.5. The summed E-state index contributed by atoms with van der Waals surface area (Å²) in [4.78, 5) is 23.3. The molecule has 150 valence electrons. The van der Waals surface area contributed by atoms with Gasteiger partial charge in [0.2, 0.25) is 0 Å². The number of aliphatic hydroxyl groups is 2. The highest BCUT2D eigenvalue weighted by Gasteiger charge is 2.40. The Morgan fingerprint density at radius 1 is 1.48 bits per heavy atom. The summed E-state index contributed by atoms with van der Waals surface area (Å²) < 4.78 is 4.59. The Morgan fingerprint density at radius 2 is 2.30 bits per heavy atom. The van der Waals surface area contributed by atoms with Gasteiger partial charge in [0.25, 0.3) is 0 Å². The number of esters is 1. The number of carbonyl (C=O) groups is 2. The number of thiophene rings is 1. The van der Waals surface area contributed by atoms with E-state index in [1.54, 1.807) is 35.3 Å². The van der Waals surface area contributed by atoms with Crippen LogP contribution in [0.4, 0.5) is 0 Å². The number of ketones is 1. The molecule has 4 atom stereocenters. The van der Waals surface area contributed by atoms with E-state index in [2.05, 4.69) is 4.74 Å². The quantitative estimate of drug-likeness (QED) is 0.317. The normalized spacial score (nSPS) is 23.8. The molecule has 5 nitrogen and oxygen atoms in total. The third kappa shape index (κ3) is 7.62. The molecule has 8 heteroatoms. The number of methoxy groups -OCH3 is 1. The van der Waals surface area contributed by atoms with Gasteiger partial charge < -0.3 is 14.9 Å². The van der Waals surface area contributed by atoms with Crippen molar-refractivity contribution in [2.75, 3.05) is 24.4 Å². The van der Waals surface area contributed by atoms with Gasteiger partial charge in [0.15, 0.2) is 0 Å². The van der Waals surface area contributed by atoms with Crippen LogP contribution in [0.15, 0.2) is 29.0 Å². The molecule has 0 saturated heterocycles. The molecule has 1 saturated carbocycles. The number of hydrogen-bond donors (Lipinski definition) is 2. The highest BCUT2D eigenvalue weighted by molar-refractivity contribution is 8.01. The average Bonchev–Trinajstić information content (AvgIpc) is 3.23. The summed E-state index contributed by atoms with van der Waals surface area (Å²) in [5.41, 5.74) is 1.08. The molecule has 1 aromatic rings. The van der Waals surface area contributed by atoms with Crippen molar-refractivity contribution in [1.82, 2.24) is 0 Å². The standard InChI is InChI=1S/C19H26O5S3/c1-24-18(23)12-25-6-2-7-27-19-15(16(21)10-17(19)22)4-3-14(20)9-13-5-8-26-11-13/h3-5,8,11,14-16,19-21H,2,6-7,9-10,12H2,1H3/b4-3+/t14-,15?,16+,19?/m0/s1. The summed E-state index contributed by atoms with van der Waals surface area (Å²) in [5.74, 6) is 1.53. The lowest BCUT2D eigenvalue weighted by Crippen LogP contribution is -2.22. The van der Waals surface area contributed by atoms with Crippen molar-refractivity contribution in [2.24, 2.45) is 5.92 Å². The number of hydrogen-bond acceptors (Lipinski definition) is 8. The van der Waals surface area contributed by atoms with Crippen molar-refractivity contribution >= 4 is 46.6 Å². The number of rotatable bonds is 11. The first-order valence-corrected chi connectivity index (χ1v) is 12.0. The molecule has 2 N–H and O–H groups in total. The molecular formula is C19H26O5S3. The number of Topliss-reactive ketones (excluding diaryl/α,β-unsaturated/α-hetero) is 1. The molecule has 1 fully saturated rings. The van der Waals surface area contributed by atoms with E-state index < -0.39 is 12.2 Å². The number of aliphatic hydroxyl groups excluding tert-OH is 2. The molecule has 27 heavy (non-hydrogen) atoms. The van der Waals surface area contributed by atoms with Gasteiger partial charge in [-0.05, 0) is 40.3 Å². The third-order valence-corrected chi connectivity index (χ3v) is 7.49. The minimum atomic E-state index is -0.687. The van der Waals surface area contributed by atoms with Crippen LogP contribution in [-0.4, -0.2) is 63.8 Å². The van der Waals surface area contributed by atoms with E-state index in [1.165, 1.54) is 18.9 Å². The second-order valence-electron chi connectivity index (χ2n) is 6.38. The van der Waals surface area contributed by atoms with Gasteiger partial charge in [0.05, 0.1) is 30.3 Å². The monoisotopic (exact) mass is 430 g/mol. The van der Waals surface area contributed by atoms with Gasteiger partial charge >= 0.3 is 5.97 Å². The summed E-state index contributed by atoms with van der Waals surface area (Å²) in [7, 11) is 1.38. The largest absolute Gasteiger partial charge is 0.468 e. The van der Waals surface area contributed by atoms with Crippen LogP contribution in [0.2, 0.25) is 0 Å². The van der Waals surface area contributed by atoms with Crippen LogP contribution < -0.4 is 0 Å². The first-order chi connectivity index (χ1) is 13.0. The minimum absolute atomic E-state index is 0.0664. The van der Waals surface area contributed by atoms with Crippen molar-refractivity contribution in [2.45, 2.75) is 36.7 Å². The van der Waals surface area contributed by atoms with E-state index in [9.17, 15) is 19.8 Å². The summed E-state index contributed by atoms with van der Waals surface area (Å²) in [6.45, 7) is 0. The van der Waals surface area contributed by atoms with Crippen LogP contribution in [0, 0.1) is 5.92 Å². The predicted octanol–water partition coefficient (Wildman–Crippen LogP) is 2.56. The molecule has 0 amide bonds. The van der Waals surface area contributed by atoms with Crippen molar-refractivity contribution < 1.29 is 24.5 Å². The fraction of sp³-hybridized carbons (Fsp3) is 0.579. The molecule has 0 spiro atoms. The third-order valence-electron chi connectivity index (χ3n) is 4.28. The first-order valence-electron chi connectivity index (χ1n) is 8.85. The van der Waals surface area contributed by atoms with E-state index in [4.69, 9.17) is 0 Å². The molecule has 2 rings (SSSR count). The molecule has 0 aromatic carbocycles. The highest BCUT2D eigenvalue weighted by atomic mass is 32.2. The Morgan fingerprint density at radius 3 is 3.00 bits per heavy atom. The Bertz CT molecular complexity index is 617. The summed E-state index contributed by atoms with van der Waals surface area (Å²) in [5, 5.41) is 24.1. The summed E-state index contributed by atoms with van der Waals surface area (Å²) >= 11 is 4.67. The lowest BCUT2D eigenvalue weighted by molar-refractivity contribution is -0.137. The van der Waals surface area contributed by atoms with Gasteiger partial charge in [-0.2, -0.15) is 23.1 Å². The summed E-state index contributed by atoms with van der Waals surface area (Å²) in [6, 6.07) is 1.98. The zero-order valence-electron chi connectivity index (χ0n) is 15.3. The van der Waals surface area contributed by atoms with Crippen LogP contribution in [0.1, 0.15) is 18.4 Å². The second kappa shape index (κ2) is 11.9. The van der Waals surface area contributed by atoms with Gasteiger partial charge in [-0.15, -0.1) is 11.8 Å². The topological polar surface area (TPSA) is 83.8 Å². The fourth-order valence-corrected chi connectivity index (χ4v) is 5.85. The lowest BCUT2D eigenvalue weighted by Gasteiger charge is -2.17. The number of carbonyl (C=O) groups excluding carboxylic acids is 2. The SMILES string of the molecule is COC(=O)CSCCCSC1C(=O)C[C@@H](O)C1/C=C/[C@H](O)Cc1ccsc1. The fourth-order valence-electron chi connectivity index (χ4n) is 2.87. The Labute approximate surface area is 172 Å². The van der Waals surface area contributed by atoms with Crippen LogP contribution in [0.5, 0.6) is 0 Å². The van der Waals surface area contributed by atoms with Gasteiger partial charge in [-0.1, -0.05) is 12.2 Å². The predicted molar refractivity (Wildman–Crippen MR) is 112 cm³/mol. The maximum Gasteiger partial charge on any atom is 0.315 e. The molecule has 2 unspecified atom stereocenters. The van der Waals surface area contributed by atoms with E-state index in [0.29, 0.717) is 12.2 Å². The van der Waals surface area contributed by atoms with E-state index in [0.717, 1.165) is 23.5 Å². The van der Waals surface area contributed by atoms with Crippen LogP contribution in [0.25, 0.3) is 0 Å². The molecule has 0 aliphatic heterocycles. The van der Waals surface area contributed by atoms with Gasteiger partial charge in [-0.25, -0.2) is 0 Å². The number of thioether (sulfide) groups is 2. The van der Waals surface area contributed by atoms with Crippen LogP contribution in [-0.2, 0) is 20.7 Å². The summed E-state index contributed by atoms with van der Waals surface area (Å²) in [6.07, 6.45) is 3.77. The van der Waals surface area contributed by atoms with Crippen molar-refractivity contribution in [3.05, 3.63) is 34.5 Å². The molecular weight excluding hydrogens is 404 g/mol. The Hall–Kier alpha value is -0.800. The van der Waals surface area contributed by atoms with Crippen LogP contribution in [0.3, 0.4) is 0 Å². The van der Waals surface area contributed by atoms with Crippen molar-refractivity contribution in [3.8, 4) is 0 Å². The molecule has 1 aromatic heterocycles. The lowest BCUT2D eigenvalue weighted by atomic mass is 10.0.